The molecule has 1 amide bonds. The van der Waals surface area contributed by atoms with Crippen molar-refractivity contribution in [2.45, 2.75) is 20.0 Å². The molecule has 0 unspecified atom stereocenters. The Labute approximate surface area is 199 Å². The topological polar surface area (TPSA) is 77.8 Å². The molecule has 1 aromatic heterocycles. The summed E-state index contributed by atoms with van der Waals surface area (Å²) in [5.41, 5.74) is 1.66. The molecule has 0 aliphatic heterocycles. The highest BCUT2D eigenvalue weighted by Crippen LogP contribution is 2.34. The standard InChI is InChI=1S/C26H22BrNO5/c1-15(2)32-18-11-8-16(9-12-18)26(30)28-23-19-6-4-5-7-21(19)33-25(23)24(29)17-10-13-22(31-3)20(27)14-17/h4-15H,1-3H3,(H,28,30). The highest BCUT2D eigenvalue weighted by Gasteiger charge is 2.24. The average Bonchev–Trinajstić information content (AvgIpc) is 3.17. The van der Waals surface area contributed by atoms with E-state index in [-0.39, 0.29) is 23.6 Å². The maximum atomic E-state index is 13.3. The fraction of sp³-hybridized carbons (Fsp3) is 0.154. The third-order valence-corrected chi connectivity index (χ3v) is 5.56. The van der Waals surface area contributed by atoms with Crippen molar-refractivity contribution in [3.05, 3.63) is 88.1 Å². The lowest BCUT2D eigenvalue weighted by Gasteiger charge is -2.10. The van der Waals surface area contributed by atoms with Crippen LogP contribution < -0.4 is 14.8 Å². The van der Waals surface area contributed by atoms with Gasteiger partial charge in [-0.1, -0.05) is 12.1 Å². The van der Waals surface area contributed by atoms with Crippen LogP contribution in [0.2, 0.25) is 0 Å². The van der Waals surface area contributed by atoms with Crippen molar-refractivity contribution in [1.82, 2.24) is 0 Å². The van der Waals surface area contributed by atoms with Crippen molar-refractivity contribution in [3.63, 3.8) is 0 Å². The van der Waals surface area contributed by atoms with Gasteiger partial charge in [-0.15, -0.1) is 0 Å². The molecule has 0 radical (unpaired) electrons. The van der Waals surface area contributed by atoms with Crippen LogP contribution in [0.3, 0.4) is 0 Å². The van der Waals surface area contributed by atoms with E-state index in [1.807, 2.05) is 26.0 Å². The molecule has 1 N–H and O–H groups in total. The first-order valence-corrected chi connectivity index (χ1v) is 11.1. The summed E-state index contributed by atoms with van der Waals surface area (Å²) in [6.07, 6.45) is 0.0357. The predicted molar refractivity (Wildman–Crippen MR) is 130 cm³/mol. The van der Waals surface area contributed by atoms with Crippen LogP contribution in [0.25, 0.3) is 11.0 Å². The number of methoxy groups -OCH3 is 1. The van der Waals surface area contributed by atoms with Gasteiger partial charge in [-0.05, 0) is 84.4 Å². The number of fused-ring (bicyclic) bond motifs is 1. The number of hydrogen-bond donors (Lipinski definition) is 1. The Kier molecular flexibility index (Phi) is 6.51. The molecule has 0 saturated carbocycles. The van der Waals surface area contributed by atoms with E-state index in [4.69, 9.17) is 13.9 Å². The summed E-state index contributed by atoms with van der Waals surface area (Å²) in [6, 6.07) is 19.0. The number of halogens is 1. The van der Waals surface area contributed by atoms with Gasteiger partial charge in [0.1, 0.15) is 17.1 Å². The second kappa shape index (κ2) is 9.50. The number of furan rings is 1. The van der Waals surface area contributed by atoms with E-state index >= 15 is 0 Å². The van der Waals surface area contributed by atoms with E-state index in [9.17, 15) is 9.59 Å². The molecular formula is C26H22BrNO5. The summed E-state index contributed by atoms with van der Waals surface area (Å²) in [4.78, 5) is 26.3. The van der Waals surface area contributed by atoms with Crippen molar-refractivity contribution in [2.24, 2.45) is 0 Å². The minimum Gasteiger partial charge on any atom is -0.496 e. The Morgan fingerprint density at radius 3 is 2.33 bits per heavy atom. The second-order valence-electron chi connectivity index (χ2n) is 7.63. The molecule has 0 fully saturated rings. The summed E-state index contributed by atoms with van der Waals surface area (Å²) in [6.45, 7) is 3.87. The van der Waals surface area contributed by atoms with Gasteiger partial charge in [0.05, 0.1) is 23.4 Å². The van der Waals surface area contributed by atoms with E-state index in [1.165, 1.54) is 0 Å². The van der Waals surface area contributed by atoms with E-state index < -0.39 is 0 Å². The van der Waals surface area contributed by atoms with E-state index in [0.717, 1.165) is 0 Å². The molecule has 7 heteroatoms. The Morgan fingerprint density at radius 1 is 0.970 bits per heavy atom. The average molecular weight is 508 g/mol. The fourth-order valence-electron chi connectivity index (χ4n) is 3.41. The quantitative estimate of drug-likeness (QED) is 0.290. The zero-order valence-corrected chi connectivity index (χ0v) is 19.9. The minimum absolute atomic E-state index is 0.0357. The first-order chi connectivity index (χ1) is 15.9. The van der Waals surface area contributed by atoms with Crippen LogP contribution in [-0.4, -0.2) is 24.9 Å². The summed E-state index contributed by atoms with van der Waals surface area (Å²) in [5, 5.41) is 3.51. The number of rotatable bonds is 7. The molecule has 0 aliphatic carbocycles. The van der Waals surface area contributed by atoms with Gasteiger partial charge in [-0.2, -0.15) is 0 Å². The van der Waals surface area contributed by atoms with Crippen LogP contribution >= 0.6 is 15.9 Å². The summed E-state index contributed by atoms with van der Waals surface area (Å²) < 4.78 is 17.4. The van der Waals surface area contributed by atoms with Crippen molar-refractivity contribution in [1.29, 1.82) is 0 Å². The van der Waals surface area contributed by atoms with Crippen LogP contribution in [0.1, 0.15) is 40.3 Å². The van der Waals surface area contributed by atoms with E-state index in [0.29, 0.717) is 43.8 Å². The first-order valence-electron chi connectivity index (χ1n) is 10.3. The highest BCUT2D eigenvalue weighted by atomic mass is 79.9. The number of carbonyl (C=O) groups is 2. The molecule has 4 rings (SSSR count). The van der Waals surface area contributed by atoms with Gasteiger partial charge in [-0.25, -0.2) is 0 Å². The van der Waals surface area contributed by atoms with Gasteiger partial charge < -0.3 is 19.2 Å². The van der Waals surface area contributed by atoms with E-state index in [2.05, 4.69) is 21.2 Å². The van der Waals surface area contributed by atoms with Crippen molar-refractivity contribution >= 4 is 44.3 Å². The molecule has 0 saturated heterocycles. The van der Waals surface area contributed by atoms with Crippen molar-refractivity contribution in [2.75, 3.05) is 12.4 Å². The number of carbonyl (C=O) groups excluding carboxylic acids is 2. The number of para-hydroxylation sites is 1. The molecule has 1 heterocycles. The Morgan fingerprint density at radius 2 is 1.67 bits per heavy atom. The normalized spacial score (nSPS) is 10.9. The summed E-state index contributed by atoms with van der Waals surface area (Å²) >= 11 is 3.40. The molecule has 6 nitrogen and oxygen atoms in total. The smallest absolute Gasteiger partial charge is 0.255 e. The first kappa shape index (κ1) is 22.6. The van der Waals surface area contributed by atoms with Gasteiger partial charge in [0.25, 0.3) is 5.91 Å². The molecule has 4 aromatic rings. The number of ketones is 1. The number of ether oxygens (including phenoxy) is 2. The molecule has 0 spiro atoms. The monoisotopic (exact) mass is 507 g/mol. The van der Waals surface area contributed by atoms with Crippen LogP contribution in [0.15, 0.2) is 75.6 Å². The largest absolute Gasteiger partial charge is 0.496 e. The highest BCUT2D eigenvalue weighted by molar-refractivity contribution is 9.10. The maximum absolute atomic E-state index is 13.3. The third kappa shape index (κ3) is 4.78. The van der Waals surface area contributed by atoms with Crippen LogP contribution in [0, 0.1) is 0 Å². The second-order valence-corrected chi connectivity index (χ2v) is 8.48. The van der Waals surface area contributed by atoms with Crippen molar-refractivity contribution in [3.8, 4) is 11.5 Å². The van der Waals surface area contributed by atoms with Crippen LogP contribution in [0.4, 0.5) is 5.69 Å². The number of amides is 1. The summed E-state index contributed by atoms with van der Waals surface area (Å²) in [5.74, 6) is 0.625. The number of anilines is 1. The molecule has 0 aliphatic rings. The van der Waals surface area contributed by atoms with E-state index in [1.54, 1.807) is 61.7 Å². The Bertz CT molecular complexity index is 1320. The number of nitrogens with one attached hydrogen (secondary N) is 1. The Balaban J connectivity index is 1.69. The number of hydrogen-bond acceptors (Lipinski definition) is 5. The van der Waals surface area contributed by atoms with Gasteiger partial charge >= 0.3 is 0 Å². The fourth-order valence-corrected chi connectivity index (χ4v) is 3.95. The molecule has 33 heavy (non-hydrogen) atoms. The molecule has 168 valence electrons. The van der Waals surface area contributed by atoms with Crippen LogP contribution in [0.5, 0.6) is 11.5 Å². The third-order valence-electron chi connectivity index (χ3n) is 4.94. The lowest BCUT2D eigenvalue weighted by Crippen LogP contribution is -2.14. The molecule has 0 bridgehead atoms. The van der Waals surface area contributed by atoms with Gasteiger partial charge in [0.2, 0.25) is 5.78 Å². The Hall–Kier alpha value is -3.58. The van der Waals surface area contributed by atoms with Gasteiger partial charge in [-0.3, -0.25) is 9.59 Å². The summed E-state index contributed by atoms with van der Waals surface area (Å²) in [7, 11) is 1.55. The van der Waals surface area contributed by atoms with Crippen LogP contribution in [-0.2, 0) is 0 Å². The lowest BCUT2D eigenvalue weighted by molar-refractivity contribution is 0.101. The molecule has 0 atom stereocenters. The zero-order valence-electron chi connectivity index (χ0n) is 18.3. The van der Waals surface area contributed by atoms with Gasteiger partial charge in [0, 0.05) is 16.5 Å². The molecule has 3 aromatic carbocycles. The van der Waals surface area contributed by atoms with Gasteiger partial charge in [0.15, 0.2) is 5.76 Å². The van der Waals surface area contributed by atoms with Crippen molar-refractivity contribution < 1.29 is 23.5 Å². The minimum atomic E-state index is -0.359. The SMILES string of the molecule is COc1ccc(C(=O)c2oc3ccccc3c2NC(=O)c2ccc(OC(C)C)cc2)cc1Br. The lowest BCUT2D eigenvalue weighted by atomic mass is 10.1. The maximum Gasteiger partial charge on any atom is 0.255 e. The zero-order chi connectivity index (χ0) is 23.5. The number of benzene rings is 3. The predicted octanol–water partition coefficient (Wildman–Crippen LogP) is 6.47. The molecular weight excluding hydrogens is 486 g/mol.